The summed E-state index contributed by atoms with van der Waals surface area (Å²) < 4.78 is 29.7. The number of fused-ring (bicyclic) bond motifs is 1. The van der Waals surface area contributed by atoms with Gasteiger partial charge >= 0.3 is 0 Å². The molecule has 0 aliphatic heterocycles. The molecule has 1 aromatic heterocycles. The molecule has 0 fully saturated rings. The lowest BCUT2D eigenvalue weighted by Gasteiger charge is -2.21. The summed E-state index contributed by atoms with van der Waals surface area (Å²) >= 11 is 0. The van der Waals surface area contributed by atoms with Crippen LogP contribution in [0.1, 0.15) is 39.8 Å². The van der Waals surface area contributed by atoms with Gasteiger partial charge in [-0.15, -0.1) is 0 Å². The van der Waals surface area contributed by atoms with Gasteiger partial charge in [-0.25, -0.2) is 13.1 Å². The molecule has 1 unspecified atom stereocenters. The summed E-state index contributed by atoms with van der Waals surface area (Å²) in [5.74, 6) is 0. The lowest BCUT2D eigenvalue weighted by Crippen LogP contribution is -2.32. The molecule has 35 heavy (non-hydrogen) atoms. The van der Waals surface area contributed by atoms with Gasteiger partial charge in [-0.05, 0) is 73.9 Å². The van der Waals surface area contributed by atoms with E-state index in [1.807, 2.05) is 29.8 Å². The van der Waals surface area contributed by atoms with E-state index in [2.05, 4.69) is 59.9 Å². The second-order valence-corrected chi connectivity index (χ2v) is 10.3. The summed E-state index contributed by atoms with van der Waals surface area (Å²) in [6.45, 7) is 9.45. The normalized spacial score (nSPS) is 13.4. The third kappa shape index (κ3) is 5.59. The molecule has 3 aromatic rings. The van der Waals surface area contributed by atoms with E-state index in [0.717, 1.165) is 35.1 Å². The monoisotopic (exact) mass is 494 g/mol. The number of nitriles is 1. The van der Waals surface area contributed by atoms with Crippen molar-refractivity contribution in [1.82, 2.24) is 9.29 Å². The first-order chi connectivity index (χ1) is 16.7. The van der Waals surface area contributed by atoms with Crippen molar-refractivity contribution >= 4 is 32.1 Å². The van der Waals surface area contributed by atoms with Crippen LogP contribution in [0, 0.1) is 11.3 Å². The molecule has 0 spiro atoms. The minimum Gasteiger partial charge on any atom is -0.392 e. The molecule has 0 radical (unpaired) electrons. The molecule has 2 aromatic carbocycles. The molecule has 8 heteroatoms. The largest absolute Gasteiger partial charge is 0.392 e. The fraction of sp³-hybridized carbons (Fsp3) is 0.370. The molecule has 0 aliphatic rings. The van der Waals surface area contributed by atoms with E-state index in [1.54, 1.807) is 13.8 Å². The average molecular weight is 495 g/mol. The number of aromatic nitrogens is 1. The molecule has 7 nitrogen and oxygen atoms in total. The Morgan fingerprint density at radius 1 is 1.09 bits per heavy atom. The third-order valence-corrected chi connectivity index (χ3v) is 7.93. The van der Waals surface area contributed by atoms with E-state index in [0.29, 0.717) is 17.7 Å². The van der Waals surface area contributed by atoms with Crippen LogP contribution >= 0.6 is 0 Å². The molecule has 0 amide bonds. The van der Waals surface area contributed by atoms with Crippen molar-refractivity contribution in [3.63, 3.8) is 0 Å². The van der Waals surface area contributed by atoms with Gasteiger partial charge in [0.25, 0.3) is 10.0 Å². The Kier molecular flexibility index (Phi) is 8.39. The van der Waals surface area contributed by atoms with Crippen molar-refractivity contribution in [3.05, 3.63) is 59.1 Å². The van der Waals surface area contributed by atoms with E-state index < -0.39 is 16.1 Å². The number of rotatable bonds is 10. The summed E-state index contributed by atoms with van der Waals surface area (Å²) in [7, 11) is -2.19. The average Bonchev–Trinajstić information content (AvgIpc) is 3.24. The number of aliphatic hydroxyl groups is 1. The van der Waals surface area contributed by atoms with Gasteiger partial charge in [0, 0.05) is 49.3 Å². The standard InChI is InChI=1S/C27H34N4O3S/c1-6-24(32)18-29-35(33,34)27(17-28)19(4)25-13-14-26(30(25)5)22-10-9-21-16-23(31(7-2)8-3)12-11-20(21)15-22/h9-16,24,29,32H,6-8,18H2,1-5H3/b27-19+. The second-order valence-electron chi connectivity index (χ2n) is 8.56. The SMILES string of the molecule is CCC(O)CNS(=O)(=O)/C(C#N)=C(\C)c1ccc(-c2ccc3cc(N(CC)CC)ccc3c2)n1C. The Morgan fingerprint density at radius 3 is 2.37 bits per heavy atom. The first-order valence-corrected chi connectivity index (χ1v) is 13.4. The maximum absolute atomic E-state index is 12.7. The molecular weight excluding hydrogens is 460 g/mol. The van der Waals surface area contributed by atoms with Gasteiger partial charge in [-0.3, -0.25) is 0 Å². The smallest absolute Gasteiger partial charge is 0.251 e. The van der Waals surface area contributed by atoms with Crippen LogP contribution in [0.15, 0.2) is 53.4 Å². The van der Waals surface area contributed by atoms with Gasteiger partial charge in [0.05, 0.1) is 6.10 Å². The highest BCUT2D eigenvalue weighted by molar-refractivity contribution is 7.93. The van der Waals surface area contributed by atoms with Crippen LogP contribution in [0.2, 0.25) is 0 Å². The summed E-state index contributed by atoms with van der Waals surface area (Å²) in [5, 5.41) is 21.6. The predicted molar refractivity (Wildman–Crippen MR) is 143 cm³/mol. The quantitative estimate of drug-likeness (QED) is 0.400. The van der Waals surface area contributed by atoms with Crippen molar-refractivity contribution < 1.29 is 13.5 Å². The molecule has 0 bridgehead atoms. The molecule has 186 valence electrons. The number of nitrogens with one attached hydrogen (secondary N) is 1. The highest BCUT2D eigenvalue weighted by atomic mass is 32.2. The minimum absolute atomic E-state index is 0.136. The van der Waals surface area contributed by atoms with Crippen molar-refractivity contribution in [2.75, 3.05) is 24.5 Å². The van der Waals surface area contributed by atoms with Crippen LogP contribution in [0.5, 0.6) is 0 Å². The van der Waals surface area contributed by atoms with Crippen molar-refractivity contribution in [1.29, 1.82) is 5.26 Å². The Hall–Kier alpha value is -3.12. The van der Waals surface area contributed by atoms with Gasteiger partial charge in [-0.2, -0.15) is 5.26 Å². The van der Waals surface area contributed by atoms with E-state index >= 15 is 0 Å². The fourth-order valence-electron chi connectivity index (χ4n) is 4.24. The summed E-state index contributed by atoms with van der Waals surface area (Å²) in [6, 6.07) is 18.3. The fourth-order valence-corrected chi connectivity index (χ4v) is 5.42. The van der Waals surface area contributed by atoms with Crippen LogP contribution in [-0.2, 0) is 17.1 Å². The van der Waals surface area contributed by atoms with E-state index in [9.17, 15) is 18.8 Å². The molecule has 0 saturated carbocycles. The number of hydrogen-bond acceptors (Lipinski definition) is 5. The van der Waals surface area contributed by atoms with Gasteiger partial charge in [0.2, 0.25) is 0 Å². The van der Waals surface area contributed by atoms with Crippen LogP contribution in [-0.4, -0.2) is 43.8 Å². The zero-order chi connectivity index (χ0) is 25.8. The first-order valence-electron chi connectivity index (χ1n) is 11.9. The minimum atomic E-state index is -4.05. The molecular formula is C27H34N4O3S. The Morgan fingerprint density at radius 2 is 1.74 bits per heavy atom. The maximum Gasteiger partial charge on any atom is 0.251 e. The van der Waals surface area contributed by atoms with Gasteiger partial charge < -0.3 is 14.6 Å². The summed E-state index contributed by atoms with van der Waals surface area (Å²) in [5.41, 5.74) is 4.10. The number of sulfonamides is 1. The number of anilines is 1. The summed E-state index contributed by atoms with van der Waals surface area (Å²) in [4.78, 5) is 1.96. The number of benzene rings is 2. The highest BCUT2D eigenvalue weighted by Gasteiger charge is 2.23. The highest BCUT2D eigenvalue weighted by Crippen LogP contribution is 2.31. The van der Waals surface area contributed by atoms with E-state index in [4.69, 9.17) is 0 Å². The van der Waals surface area contributed by atoms with Crippen LogP contribution in [0.25, 0.3) is 27.6 Å². The van der Waals surface area contributed by atoms with E-state index in [1.165, 1.54) is 5.69 Å². The van der Waals surface area contributed by atoms with Crippen molar-refractivity contribution in [2.45, 2.75) is 40.2 Å². The Bertz CT molecular complexity index is 1380. The third-order valence-electron chi connectivity index (χ3n) is 6.45. The maximum atomic E-state index is 12.7. The number of nitrogens with zero attached hydrogens (tertiary/aromatic N) is 3. The van der Waals surface area contributed by atoms with Crippen LogP contribution in [0.3, 0.4) is 0 Å². The zero-order valence-electron chi connectivity index (χ0n) is 21.0. The molecule has 3 rings (SSSR count). The van der Waals surface area contributed by atoms with Gasteiger partial charge in [0.1, 0.15) is 6.07 Å². The molecule has 0 saturated heterocycles. The van der Waals surface area contributed by atoms with E-state index in [-0.39, 0.29) is 11.4 Å². The zero-order valence-corrected chi connectivity index (χ0v) is 21.9. The molecule has 2 N–H and O–H groups in total. The number of aliphatic hydroxyl groups excluding tert-OH is 1. The lowest BCUT2D eigenvalue weighted by atomic mass is 10.0. The second kappa shape index (κ2) is 11.1. The first kappa shape index (κ1) is 26.5. The number of allylic oxidation sites excluding steroid dienone is 2. The van der Waals surface area contributed by atoms with Crippen LogP contribution < -0.4 is 9.62 Å². The molecule has 0 aliphatic carbocycles. The number of hydrogen-bond donors (Lipinski definition) is 2. The predicted octanol–water partition coefficient (Wildman–Crippen LogP) is 4.64. The lowest BCUT2D eigenvalue weighted by molar-refractivity contribution is 0.174. The van der Waals surface area contributed by atoms with Gasteiger partial charge in [0.15, 0.2) is 4.91 Å². The molecule has 1 atom stereocenters. The van der Waals surface area contributed by atoms with Gasteiger partial charge in [-0.1, -0.05) is 25.1 Å². The topological polar surface area (TPSA) is 98.4 Å². The van der Waals surface area contributed by atoms with Crippen molar-refractivity contribution in [2.24, 2.45) is 7.05 Å². The summed E-state index contributed by atoms with van der Waals surface area (Å²) in [6.07, 6.45) is -0.390. The molecule has 1 heterocycles. The van der Waals surface area contributed by atoms with Crippen molar-refractivity contribution in [3.8, 4) is 17.3 Å². The van der Waals surface area contributed by atoms with Crippen LogP contribution in [0.4, 0.5) is 5.69 Å². The Balaban J connectivity index is 1.98. The Labute approximate surface area is 208 Å².